The van der Waals surface area contributed by atoms with Crippen LogP contribution in [0.15, 0.2) is 83.8 Å². The normalized spacial score (nSPS) is 14.4. The first-order valence-corrected chi connectivity index (χ1v) is 21.5. The Hall–Kier alpha value is -5.59. The Bertz CT molecular complexity index is 2870. The molecule has 0 radical (unpaired) electrons. The zero-order chi connectivity index (χ0) is 44.6. The Kier molecular flexibility index (Phi) is 12.8. The molecule has 1 saturated heterocycles. The van der Waals surface area contributed by atoms with E-state index in [4.69, 9.17) is 37.4 Å². The smallest absolute Gasteiger partial charge is 0.408 e. The number of hydrogen-bond donors (Lipinski definition) is 1. The number of ether oxygens (including phenoxy) is 3. The van der Waals surface area contributed by atoms with Crippen LogP contribution < -0.4 is 19.9 Å². The van der Waals surface area contributed by atoms with Crippen LogP contribution in [0.1, 0.15) is 16.8 Å². The highest BCUT2D eigenvalue weighted by atomic mass is 35.5. The summed E-state index contributed by atoms with van der Waals surface area (Å²) < 4.78 is 67.0. The number of aliphatic carboxylic acids is 1. The number of carboxylic acid groups (broad SMARTS) is 1. The van der Waals surface area contributed by atoms with Crippen molar-refractivity contribution in [3.8, 4) is 34.2 Å². The van der Waals surface area contributed by atoms with Gasteiger partial charge in [-0.05, 0) is 96.3 Å². The van der Waals surface area contributed by atoms with E-state index in [1.54, 1.807) is 66.2 Å². The third-order valence-electron chi connectivity index (χ3n) is 11.1. The van der Waals surface area contributed by atoms with Crippen molar-refractivity contribution in [2.45, 2.75) is 38.8 Å². The fourth-order valence-electron chi connectivity index (χ4n) is 7.71. The van der Waals surface area contributed by atoms with Gasteiger partial charge < -0.3 is 24.2 Å². The van der Waals surface area contributed by atoms with Gasteiger partial charge in [-0.3, -0.25) is 18.7 Å². The zero-order valence-electron chi connectivity index (χ0n) is 34.4. The van der Waals surface area contributed by atoms with Gasteiger partial charge in [-0.15, -0.1) is 0 Å². The number of carboxylic acids is 1. The van der Waals surface area contributed by atoms with Crippen LogP contribution in [0.2, 0.25) is 10.0 Å². The molecule has 1 aliphatic heterocycles. The first kappa shape index (κ1) is 44.0. The molecule has 3 aromatic heterocycles. The molecule has 4 aromatic carbocycles. The van der Waals surface area contributed by atoms with E-state index in [0.29, 0.717) is 71.5 Å². The molecule has 1 fully saturated rings. The molecule has 0 aliphatic carbocycles. The van der Waals surface area contributed by atoms with Gasteiger partial charge in [-0.25, -0.2) is 9.59 Å². The van der Waals surface area contributed by atoms with Gasteiger partial charge in [0, 0.05) is 57.4 Å². The van der Waals surface area contributed by atoms with Crippen LogP contribution in [-0.2, 0) is 31.4 Å². The van der Waals surface area contributed by atoms with Crippen LogP contribution in [0.4, 0.5) is 13.2 Å². The van der Waals surface area contributed by atoms with Crippen molar-refractivity contribution in [1.82, 2.24) is 33.1 Å². The maximum absolute atomic E-state index is 13.9. The molecule has 0 bridgehead atoms. The van der Waals surface area contributed by atoms with Crippen LogP contribution >= 0.6 is 34.7 Å². The molecular formula is C44H42Cl2F3N7O6S. The lowest BCUT2D eigenvalue weighted by atomic mass is 9.96. The van der Waals surface area contributed by atoms with Gasteiger partial charge >= 0.3 is 17.8 Å². The predicted molar refractivity (Wildman–Crippen MR) is 236 cm³/mol. The van der Waals surface area contributed by atoms with E-state index in [0.717, 1.165) is 48.9 Å². The van der Waals surface area contributed by atoms with E-state index in [-0.39, 0.29) is 36.0 Å². The summed E-state index contributed by atoms with van der Waals surface area (Å²) in [5.41, 5.74) is 4.01. The Morgan fingerprint density at radius 1 is 0.937 bits per heavy atom. The van der Waals surface area contributed by atoms with E-state index in [2.05, 4.69) is 26.3 Å². The van der Waals surface area contributed by atoms with E-state index < -0.39 is 24.8 Å². The molecule has 63 heavy (non-hydrogen) atoms. The molecule has 330 valence electrons. The lowest BCUT2D eigenvalue weighted by Gasteiger charge is -2.32. The van der Waals surface area contributed by atoms with Crippen molar-refractivity contribution >= 4 is 61.8 Å². The number of piperazine rings is 1. The molecule has 4 heterocycles. The highest BCUT2D eigenvalue weighted by molar-refractivity contribution is 7.13. The molecule has 7 aromatic rings. The number of benzene rings is 4. The van der Waals surface area contributed by atoms with Crippen LogP contribution in [-0.4, -0.2) is 103 Å². The lowest BCUT2D eigenvalue weighted by Crippen LogP contribution is -2.45. The van der Waals surface area contributed by atoms with Crippen LogP contribution in [0, 0.1) is 6.92 Å². The molecule has 1 N–H and O–H groups in total. The quantitative estimate of drug-likeness (QED) is 0.107. The average molecular weight is 925 g/mol. The summed E-state index contributed by atoms with van der Waals surface area (Å²) >= 11 is 14.5. The van der Waals surface area contributed by atoms with Gasteiger partial charge in [0.05, 0.1) is 37.5 Å². The minimum absolute atomic E-state index is 0.0403. The minimum Gasteiger partial charge on any atom is -0.491 e. The van der Waals surface area contributed by atoms with Gasteiger partial charge in [-0.2, -0.15) is 22.6 Å². The van der Waals surface area contributed by atoms with Gasteiger partial charge in [0.15, 0.2) is 0 Å². The molecule has 13 nitrogen and oxygen atoms in total. The summed E-state index contributed by atoms with van der Waals surface area (Å²) in [5, 5.41) is 15.7. The second-order valence-corrected chi connectivity index (χ2v) is 17.0. The second kappa shape index (κ2) is 18.3. The number of aromatic nitrogens is 5. The summed E-state index contributed by atoms with van der Waals surface area (Å²) in [6.07, 6.45) is -4.89. The van der Waals surface area contributed by atoms with Gasteiger partial charge in [-0.1, -0.05) is 47.5 Å². The van der Waals surface area contributed by atoms with E-state index in [1.165, 1.54) is 16.8 Å². The summed E-state index contributed by atoms with van der Waals surface area (Å²) in [6.45, 7) is 5.40. The summed E-state index contributed by atoms with van der Waals surface area (Å²) in [6, 6.07) is 20.6. The summed E-state index contributed by atoms with van der Waals surface area (Å²) in [5.74, 6) is -0.472. The number of imidazole rings is 1. The Labute approximate surface area is 373 Å². The number of aryl methyl sites for hydroxylation is 1. The second-order valence-electron chi connectivity index (χ2n) is 15.3. The molecule has 8 rings (SSSR count). The summed E-state index contributed by atoms with van der Waals surface area (Å²) in [7, 11) is 3.77. The van der Waals surface area contributed by atoms with E-state index in [1.807, 2.05) is 19.1 Å². The predicted octanol–water partition coefficient (Wildman–Crippen LogP) is 8.26. The molecule has 0 unspecified atom stereocenters. The lowest BCUT2D eigenvalue weighted by molar-refractivity contribution is -0.145. The number of halogens is 5. The fourth-order valence-corrected chi connectivity index (χ4v) is 8.87. The van der Waals surface area contributed by atoms with Crippen LogP contribution in [0.3, 0.4) is 0 Å². The first-order chi connectivity index (χ1) is 30.1. The highest BCUT2D eigenvalue weighted by Gasteiger charge is 2.30. The standard InChI is InChI=1S/C44H42Cl2F3N7O6S/c1-26-31(9-11-36(40(26)46)60-19-18-54-16-14-52(2)15-17-54)32-22-30(56-33-10-8-28(45)21-34(33)53(3)43(56)59)23-38-39(32)41(51-63-38)62-37(42(57)58)20-27-6-4-5-7-35(27)61-24-29-12-13-50-55(29)25-44(47,48)49/h4-13,21-23,37H,14-20,24-25H2,1-3H3,(H,57,58)/t37-/m1/s1. The van der Waals surface area contributed by atoms with Crippen molar-refractivity contribution in [3.63, 3.8) is 0 Å². The van der Waals surface area contributed by atoms with Crippen molar-refractivity contribution in [3.05, 3.63) is 116 Å². The molecule has 0 spiro atoms. The van der Waals surface area contributed by atoms with Crippen LogP contribution in [0.5, 0.6) is 17.4 Å². The van der Waals surface area contributed by atoms with Gasteiger partial charge in [0.25, 0.3) is 0 Å². The average Bonchev–Trinajstić information content (AvgIpc) is 3.93. The number of hydrogen-bond acceptors (Lipinski definition) is 10. The minimum atomic E-state index is -4.48. The van der Waals surface area contributed by atoms with Gasteiger partial charge in [0.1, 0.15) is 31.3 Å². The van der Waals surface area contributed by atoms with Gasteiger partial charge in [0.2, 0.25) is 12.0 Å². The van der Waals surface area contributed by atoms with Crippen molar-refractivity contribution < 1.29 is 37.3 Å². The van der Waals surface area contributed by atoms with Crippen molar-refractivity contribution in [2.75, 3.05) is 46.4 Å². The van der Waals surface area contributed by atoms with Crippen molar-refractivity contribution in [1.29, 1.82) is 0 Å². The number of fused-ring (bicyclic) bond motifs is 2. The Balaban J connectivity index is 1.14. The summed E-state index contributed by atoms with van der Waals surface area (Å²) in [4.78, 5) is 31.4. The van der Waals surface area contributed by atoms with Crippen molar-refractivity contribution in [2.24, 2.45) is 7.05 Å². The molecule has 1 aliphatic rings. The molecule has 19 heteroatoms. The topological polar surface area (TPSA) is 129 Å². The first-order valence-electron chi connectivity index (χ1n) is 20.0. The maximum Gasteiger partial charge on any atom is 0.408 e. The Morgan fingerprint density at radius 2 is 1.71 bits per heavy atom. The highest BCUT2D eigenvalue weighted by Crippen LogP contribution is 2.44. The SMILES string of the molecule is Cc1c(-c2cc(-n3c(=O)n(C)c4cc(Cl)ccc43)cc3snc(O[C@H](Cc4ccccc4OCc4ccnn4CC(F)(F)F)C(=O)O)c23)ccc(OCCN2CCN(C)CC2)c1Cl. The third kappa shape index (κ3) is 9.53. The molecule has 0 amide bonds. The number of rotatable bonds is 15. The molecular weight excluding hydrogens is 882 g/mol. The number of nitrogens with zero attached hydrogens (tertiary/aromatic N) is 7. The zero-order valence-corrected chi connectivity index (χ0v) is 36.7. The number of alkyl halides is 3. The number of likely N-dealkylation sites (N-methyl/N-ethyl adjacent to an activating group) is 1. The fraction of sp³-hybridized carbons (Fsp3) is 0.318. The van der Waals surface area contributed by atoms with Crippen LogP contribution in [0.25, 0.3) is 37.9 Å². The maximum atomic E-state index is 13.9. The number of para-hydroxylation sites is 1. The molecule has 1 atom stereocenters. The molecule has 0 saturated carbocycles. The van der Waals surface area contributed by atoms with E-state index in [9.17, 15) is 27.9 Å². The monoisotopic (exact) mass is 923 g/mol. The Morgan fingerprint density at radius 3 is 2.48 bits per heavy atom. The third-order valence-corrected chi connectivity index (χ3v) is 12.6. The number of carbonyl (C=O) groups is 1. The largest absolute Gasteiger partial charge is 0.491 e. The van der Waals surface area contributed by atoms with E-state index >= 15 is 0 Å².